The fourth-order valence-corrected chi connectivity index (χ4v) is 4.89. The number of hydrogen-bond acceptors (Lipinski definition) is 9. The quantitative estimate of drug-likeness (QED) is 0.541. The molecule has 11 nitrogen and oxygen atoms in total. The van der Waals surface area contributed by atoms with Crippen molar-refractivity contribution in [2.45, 2.75) is 51.0 Å². The zero-order valence-corrected chi connectivity index (χ0v) is 19.7. The number of benzene rings is 1. The van der Waals surface area contributed by atoms with Crippen LogP contribution < -0.4 is 15.0 Å². The van der Waals surface area contributed by atoms with Gasteiger partial charge in [-0.15, -0.1) is 10.2 Å². The number of aromatic nitrogens is 4. The van der Waals surface area contributed by atoms with Gasteiger partial charge in [-0.1, -0.05) is 18.9 Å². The van der Waals surface area contributed by atoms with Gasteiger partial charge in [-0.25, -0.2) is 0 Å². The third kappa shape index (κ3) is 4.11. The van der Waals surface area contributed by atoms with Gasteiger partial charge in [0.05, 0.1) is 20.8 Å². The maximum Gasteiger partial charge on any atom is 0.275 e. The molecule has 0 unspecified atom stereocenters. The Morgan fingerprint density at radius 2 is 1.80 bits per heavy atom. The second kappa shape index (κ2) is 9.40. The molecule has 0 spiro atoms. The van der Waals surface area contributed by atoms with Gasteiger partial charge in [0.2, 0.25) is 17.7 Å². The van der Waals surface area contributed by atoms with Gasteiger partial charge in [0.15, 0.2) is 5.56 Å². The van der Waals surface area contributed by atoms with E-state index in [1.54, 1.807) is 23.1 Å². The highest BCUT2D eigenvalue weighted by Gasteiger charge is 2.31. The molecule has 1 N–H and O–H groups in total. The molecular formula is C24H27N5O6. The zero-order chi connectivity index (χ0) is 24.5. The van der Waals surface area contributed by atoms with Crippen LogP contribution in [-0.4, -0.2) is 56.4 Å². The van der Waals surface area contributed by atoms with E-state index in [4.69, 9.17) is 13.9 Å². The SMILES string of the molecule is COc1cccc(OC)c1-n1c(C2CCCC2)nc(O)c(-c2nnc(CN3CCCC3=O)o2)c1=O. The molecule has 1 saturated carbocycles. The first-order valence-electron chi connectivity index (χ1n) is 11.7. The van der Waals surface area contributed by atoms with Gasteiger partial charge in [0.25, 0.3) is 11.4 Å². The minimum absolute atomic E-state index is 0.0146. The van der Waals surface area contributed by atoms with Crippen molar-refractivity contribution < 1.29 is 23.8 Å². The van der Waals surface area contributed by atoms with E-state index in [9.17, 15) is 14.7 Å². The second-order valence-electron chi connectivity index (χ2n) is 8.72. The fourth-order valence-electron chi connectivity index (χ4n) is 4.89. The summed E-state index contributed by atoms with van der Waals surface area (Å²) in [5, 5.41) is 18.9. The number of para-hydroxylation sites is 1. The molecule has 5 rings (SSSR count). The van der Waals surface area contributed by atoms with E-state index < -0.39 is 11.4 Å². The summed E-state index contributed by atoms with van der Waals surface area (Å²) >= 11 is 0. The van der Waals surface area contributed by atoms with Crippen LogP contribution in [0.15, 0.2) is 27.4 Å². The highest BCUT2D eigenvalue weighted by Crippen LogP contribution is 2.39. The molecule has 1 aromatic carbocycles. The number of nitrogens with zero attached hydrogens (tertiary/aromatic N) is 5. The van der Waals surface area contributed by atoms with Crippen molar-refractivity contribution in [3.05, 3.63) is 40.3 Å². The highest BCUT2D eigenvalue weighted by atomic mass is 16.5. The van der Waals surface area contributed by atoms with Crippen molar-refractivity contribution >= 4 is 5.91 Å². The monoisotopic (exact) mass is 481 g/mol. The molecule has 0 radical (unpaired) electrons. The molecular weight excluding hydrogens is 454 g/mol. The number of methoxy groups -OCH3 is 2. The minimum Gasteiger partial charge on any atom is -0.494 e. The molecule has 11 heteroatoms. The first-order chi connectivity index (χ1) is 17.0. The zero-order valence-electron chi connectivity index (χ0n) is 19.7. The summed E-state index contributed by atoms with van der Waals surface area (Å²) in [6.45, 7) is 0.758. The van der Waals surface area contributed by atoms with Crippen LogP contribution in [0.5, 0.6) is 17.4 Å². The van der Waals surface area contributed by atoms with Gasteiger partial charge in [-0.05, 0) is 31.4 Å². The van der Waals surface area contributed by atoms with Crippen LogP contribution in [-0.2, 0) is 11.3 Å². The number of hydrogen-bond donors (Lipinski definition) is 1. The fraction of sp³-hybridized carbons (Fsp3) is 0.458. The van der Waals surface area contributed by atoms with Gasteiger partial charge < -0.3 is 23.9 Å². The van der Waals surface area contributed by atoms with Crippen molar-refractivity contribution in [1.82, 2.24) is 24.6 Å². The normalized spacial score (nSPS) is 16.3. The van der Waals surface area contributed by atoms with Crippen molar-refractivity contribution in [1.29, 1.82) is 0 Å². The Hall–Kier alpha value is -3.89. The molecule has 1 aliphatic carbocycles. The maximum absolute atomic E-state index is 14.0. The van der Waals surface area contributed by atoms with E-state index in [0.29, 0.717) is 36.0 Å². The molecule has 1 aliphatic heterocycles. The number of ether oxygens (including phenoxy) is 2. The topological polar surface area (TPSA) is 133 Å². The second-order valence-corrected chi connectivity index (χ2v) is 8.72. The van der Waals surface area contributed by atoms with Crippen LogP contribution in [0.25, 0.3) is 17.1 Å². The lowest BCUT2D eigenvalue weighted by Crippen LogP contribution is -2.27. The van der Waals surface area contributed by atoms with E-state index >= 15 is 0 Å². The van der Waals surface area contributed by atoms with Crippen LogP contribution in [0.1, 0.15) is 56.2 Å². The summed E-state index contributed by atoms with van der Waals surface area (Å²) < 4.78 is 18.3. The predicted molar refractivity (Wildman–Crippen MR) is 124 cm³/mol. The Morgan fingerprint density at radius 3 is 2.43 bits per heavy atom. The van der Waals surface area contributed by atoms with E-state index in [0.717, 1.165) is 32.1 Å². The summed E-state index contributed by atoms with van der Waals surface area (Å²) in [5.74, 6) is 0.800. The van der Waals surface area contributed by atoms with Crippen molar-refractivity contribution in [3.8, 4) is 34.5 Å². The Labute approximate surface area is 201 Å². The van der Waals surface area contributed by atoms with Crippen LogP contribution in [0.4, 0.5) is 0 Å². The summed E-state index contributed by atoms with van der Waals surface area (Å²) in [5.41, 5.74) is -0.401. The van der Waals surface area contributed by atoms with Crippen molar-refractivity contribution in [2.75, 3.05) is 20.8 Å². The molecule has 1 amide bonds. The Balaban J connectivity index is 1.67. The maximum atomic E-state index is 14.0. The van der Waals surface area contributed by atoms with Crippen LogP contribution in [0, 0.1) is 0 Å². The van der Waals surface area contributed by atoms with E-state index in [2.05, 4.69) is 15.2 Å². The number of aromatic hydroxyl groups is 1. The lowest BCUT2D eigenvalue weighted by Gasteiger charge is -2.21. The standard InChI is InChI=1S/C24H27N5O6/c1-33-15-9-5-10-16(34-2)20(15)29-21(14-7-3-4-8-14)25-22(31)19(24(29)32)23-27-26-17(35-23)13-28-12-6-11-18(28)30/h5,9-10,14,31H,3-4,6-8,11-13H2,1-2H3. The van der Waals surface area contributed by atoms with E-state index in [1.165, 1.54) is 18.8 Å². The number of rotatable bonds is 7. The van der Waals surface area contributed by atoms with Gasteiger partial charge in [0, 0.05) is 18.9 Å². The van der Waals surface area contributed by atoms with Crippen LogP contribution >= 0.6 is 0 Å². The molecule has 1 saturated heterocycles. The van der Waals surface area contributed by atoms with E-state index in [-0.39, 0.29) is 35.7 Å². The smallest absolute Gasteiger partial charge is 0.275 e. The average molecular weight is 482 g/mol. The summed E-state index contributed by atoms with van der Waals surface area (Å²) in [7, 11) is 3.02. The van der Waals surface area contributed by atoms with Gasteiger partial charge in [-0.3, -0.25) is 14.2 Å². The van der Waals surface area contributed by atoms with E-state index in [1.807, 2.05) is 0 Å². The Bertz CT molecular complexity index is 1290. The molecule has 3 aromatic rings. The van der Waals surface area contributed by atoms with Crippen LogP contribution in [0.2, 0.25) is 0 Å². The third-order valence-corrected chi connectivity index (χ3v) is 6.61. The molecule has 0 atom stereocenters. The van der Waals surface area contributed by atoms with Gasteiger partial charge in [0.1, 0.15) is 23.0 Å². The molecule has 2 aromatic heterocycles. The average Bonchev–Trinajstić information content (AvgIpc) is 3.62. The van der Waals surface area contributed by atoms with Crippen molar-refractivity contribution in [3.63, 3.8) is 0 Å². The highest BCUT2D eigenvalue weighted by molar-refractivity contribution is 5.77. The molecule has 2 fully saturated rings. The number of amides is 1. The van der Waals surface area contributed by atoms with Gasteiger partial charge >= 0.3 is 0 Å². The predicted octanol–water partition coefficient (Wildman–Crippen LogP) is 2.79. The largest absolute Gasteiger partial charge is 0.494 e. The molecule has 2 aliphatic rings. The molecule has 3 heterocycles. The minimum atomic E-state index is -0.574. The lowest BCUT2D eigenvalue weighted by molar-refractivity contribution is -0.128. The third-order valence-electron chi connectivity index (χ3n) is 6.61. The Kier molecular flexibility index (Phi) is 6.14. The number of carbonyl (C=O) groups is 1. The number of likely N-dealkylation sites (tertiary alicyclic amines) is 1. The summed E-state index contributed by atoms with van der Waals surface area (Å²) in [6.07, 6.45) is 4.97. The van der Waals surface area contributed by atoms with Crippen LogP contribution in [0.3, 0.4) is 0 Å². The number of carbonyl (C=O) groups excluding carboxylic acids is 1. The van der Waals surface area contributed by atoms with Crippen molar-refractivity contribution in [2.24, 2.45) is 0 Å². The summed E-state index contributed by atoms with van der Waals surface area (Å²) in [4.78, 5) is 32.0. The first-order valence-corrected chi connectivity index (χ1v) is 11.7. The lowest BCUT2D eigenvalue weighted by atomic mass is 10.1. The summed E-state index contributed by atoms with van der Waals surface area (Å²) in [6, 6.07) is 5.22. The molecule has 184 valence electrons. The molecule has 0 bridgehead atoms. The molecule has 35 heavy (non-hydrogen) atoms. The first kappa shape index (κ1) is 22.9. The Morgan fingerprint density at radius 1 is 1.09 bits per heavy atom. The van der Waals surface area contributed by atoms with Gasteiger partial charge in [-0.2, -0.15) is 4.98 Å².